The Morgan fingerprint density at radius 3 is 2.65 bits per heavy atom. The van der Waals surface area contributed by atoms with E-state index in [0.29, 0.717) is 36.6 Å². The number of rotatable bonds is 2. The molecule has 2 unspecified atom stereocenters. The number of likely N-dealkylation sites (N-methyl/N-ethyl adjacent to an activating group) is 1. The molecular formula is C15H17N3O2. The summed E-state index contributed by atoms with van der Waals surface area (Å²) in [4.78, 5) is 18.9. The maximum Gasteiger partial charge on any atom is 0.167 e. The fourth-order valence-electron chi connectivity index (χ4n) is 3.15. The van der Waals surface area contributed by atoms with Gasteiger partial charge in [0, 0.05) is 29.8 Å². The molecule has 3 rings (SSSR count). The van der Waals surface area contributed by atoms with Gasteiger partial charge in [-0.3, -0.25) is 9.69 Å². The number of nitriles is 1. The highest BCUT2D eigenvalue weighted by atomic mass is 16.5. The third kappa shape index (κ3) is 2.33. The first-order valence-electron chi connectivity index (χ1n) is 6.89. The summed E-state index contributed by atoms with van der Waals surface area (Å²) in [7, 11) is 2.11. The molecule has 0 aliphatic carbocycles. The number of ketones is 1. The third-order valence-corrected chi connectivity index (χ3v) is 4.42. The second-order valence-electron chi connectivity index (χ2n) is 5.59. The predicted molar refractivity (Wildman–Crippen MR) is 72.2 cm³/mol. The monoisotopic (exact) mass is 271 g/mol. The van der Waals surface area contributed by atoms with Gasteiger partial charge >= 0.3 is 0 Å². The summed E-state index contributed by atoms with van der Waals surface area (Å²) >= 11 is 0. The van der Waals surface area contributed by atoms with Crippen molar-refractivity contribution < 1.29 is 9.53 Å². The van der Waals surface area contributed by atoms with Gasteiger partial charge in [0.15, 0.2) is 5.78 Å². The van der Waals surface area contributed by atoms with Gasteiger partial charge in [-0.15, -0.1) is 0 Å². The minimum absolute atomic E-state index is 0.0415. The van der Waals surface area contributed by atoms with Crippen LogP contribution in [0.3, 0.4) is 0 Å². The minimum atomic E-state index is 0.0415. The normalized spacial score (nSPS) is 29.7. The maximum absolute atomic E-state index is 12.6. The molecule has 0 N–H and O–H groups in total. The third-order valence-electron chi connectivity index (χ3n) is 4.42. The van der Waals surface area contributed by atoms with Gasteiger partial charge in [0.2, 0.25) is 0 Å². The van der Waals surface area contributed by atoms with E-state index in [9.17, 15) is 4.79 Å². The number of hydrogen-bond acceptors (Lipinski definition) is 5. The smallest absolute Gasteiger partial charge is 0.167 e. The Morgan fingerprint density at radius 1 is 1.40 bits per heavy atom. The Labute approximate surface area is 118 Å². The van der Waals surface area contributed by atoms with Crippen LogP contribution in [0.15, 0.2) is 18.3 Å². The molecule has 2 bridgehead atoms. The first-order valence-corrected chi connectivity index (χ1v) is 6.89. The van der Waals surface area contributed by atoms with Gasteiger partial charge in [-0.25, -0.2) is 4.98 Å². The lowest BCUT2D eigenvalue weighted by molar-refractivity contribution is -0.0702. The number of hydrogen-bond donors (Lipinski definition) is 0. The molecule has 1 aromatic heterocycles. The number of carbonyl (C=O) groups is 1. The molecule has 5 heteroatoms. The van der Waals surface area contributed by atoms with E-state index < -0.39 is 0 Å². The van der Waals surface area contributed by atoms with Gasteiger partial charge in [-0.1, -0.05) is 0 Å². The Balaban J connectivity index is 1.76. The van der Waals surface area contributed by atoms with Gasteiger partial charge in [0.1, 0.15) is 11.8 Å². The van der Waals surface area contributed by atoms with Crippen LogP contribution in [0.25, 0.3) is 0 Å². The van der Waals surface area contributed by atoms with Crippen molar-refractivity contribution in [3.8, 4) is 6.07 Å². The highest BCUT2D eigenvalue weighted by Crippen LogP contribution is 2.32. The summed E-state index contributed by atoms with van der Waals surface area (Å²) < 4.78 is 5.57. The van der Waals surface area contributed by atoms with Crippen LogP contribution in [0.4, 0.5) is 0 Å². The van der Waals surface area contributed by atoms with E-state index in [-0.39, 0.29) is 11.7 Å². The molecule has 2 atom stereocenters. The summed E-state index contributed by atoms with van der Waals surface area (Å²) in [6.45, 7) is 1.42. The topological polar surface area (TPSA) is 66.2 Å². The average molecular weight is 271 g/mol. The van der Waals surface area contributed by atoms with Crippen molar-refractivity contribution in [3.05, 3.63) is 29.6 Å². The summed E-state index contributed by atoms with van der Waals surface area (Å²) in [5.41, 5.74) is 0.952. The van der Waals surface area contributed by atoms with Crippen LogP contribution in [0.5, 0.6) is 0 Å². The van der Waals surface area contributed by atoms with E-state index in [4.69, 9.17) is 10.00 Å². The zero-order valence-corrected chi connectivity index (χ0v) is 11.5. The van der Waals surface area contributed by atoms with Gasteiger partial charge in [-0.05, 0) is 32.0 Å². The van der Waals surface area contributed by atoms with E-state index >= 15 is 0 Å². The van der Waals surface area contributed by atoms with Gasteiger partial charge < -0.3 is 4.74 Å². The van der Waals surface area contributed by atoms with E-state index in [0.717, 1.165) is 12.8 Å². The molecule has 2 aliphatic rings. The molecule has 0 radical (unpaired) electrons. The van der Waals surface area contributed by atoms with E-state index in [2.05, 4.69) is 16.9 Å². The Kier molecular flexibility index (Phi) is 3.51. The van der Waals surface area contributed by atoms with Crippen LogP contribution < -0.4 is 0 Å². The molecule has 0 aromatic carbocycles. The van der Waals surface area contributed by atoms with Crippen molar-refractivity contribution >= 4 is 5.78 Å². The van der Waals surface area contributed by atoms with Crippen LogP contribution in [-0.4, -0.2) is 48.0 Å². The zero-order valence-electron chi connectivity index (χ0n) is 11.5. The van der Waals surface area contributed by atoms with Gasteiger partial charge in [0.25, 0.3) is 0 Å². The lowest BCUT2D eigenvalue weighted by atomic mass is 9.81. The van der Waals surface area contributed by atoms with Crippen molar-refractivity contribution in [2.75, 3.05) is 20.3 Å². The molecule has 0 amide bonds. The number of pyridine rings is 1. The molecular weight excluding hydrogens is 254 g/mol. The second-order valence-corrected chi connectivity index (χ2v) is 5.59. The number of morpholine rings is 1. The molecule has 104 valence electrons. The van der Waals surface area contributed by atoms with Crippen LogP contribution in [0, 0.1) is 17.2 Å². The Morgan fingerprint density at radius 2 is 2.10 bits per heavy atom. The molecule has 1 aromatic rings. The SMILES string of the molecule is CN1C2COCC1CC(C(=O)c1ccc(C#N)nc1)C2. The summed E-state index contributed by atoms with van der Waals surface area (Å²) in [5, 5.41) is 8.74. The lowest BCUT2D eigenvalue weighted by Crippen LogP contribution is -2.55. The van der Waals surface area contributed by atoms with Crippen LogP contribution >= 0.6 is 0 Å². The largest absolute Gasteiger partial charge is 0.378 e. The van der Waals surface area contributed by atoms with Crippen molar-refractivity contribution in [2.45, 2.75) is 24.9 Å². The average Bonchev–Trinajstić information content (AvgIpc) is 2.46. The van der Waals surface area contributed by atoms with Crippen LogP contribution in [-0.2, 0) is 4.74 Å². The highest BCUT2D eigenvalue weighted by molar-refractivity contribution is 5.97. The van der Waals surface area contributed by atoms with E-state index in [1.54, 1.807) is 12.1 Å². The number of piperidine rings is 1. The van der Waals surface area contributed by atoms with E-state index in [1.165, 1.54) is 6.20 Å². The van der Waals surface area contributed by atoms with Crippen molar-refractivity contribution in [1.29, 1.82) is 5.26 Å². The van der Waals surface area contributed by atoms with Crippen molar-refractivity contribution in [3.63, 3.8) is 0 Å². The standard InChI is InChI=1S/C15H17N3O2/c1-18-13-4-11(5-14(18)9-20-8-13)15(19)10-2-3-12(6-16)17-7-10/h2-3,7,11,13-14H,4-5,8-9H2,1H3. The number of Topliss-reactive ketones (excluding diaryl/α,β-unsaturated/α-hetero) is 1. The number of aromatic nitrogens is 1. The van der Waals surface area contributed by atoms with Crippen molar-refractivity contribution in [1.82, 2.24) is 9.88 Å². The number of nitrogens with zero attached hydrogens (tertiary/aromatic N) is 3. The summed E-state index contributed by atoms with van der Waals surface area (Å²) in [6, 6.07) is 5.95. The molecule has 3 heterocycles. The molecule has 20 heavy (non-hydrogen) atoms. The molecule has 0 spiro atoms. The number of fused-ring (bicyclic) bond motifs is 2. The second kappa shape index (κ2) is 5.31. The molecule has 2 fully saturated rings. The lowest BCUT2D eigenvalue weighted by Gasteiger charge is -2.46. The zero-order chi connectivity index (χ0) is 14.1. The molecule has 5 nitrogen and oxygen atoms in total. The fraction of sp³-hybridized carbons (Fsp3) is 0.533. The molecule has 2 aliphatic heterocycles. The first kappa shape index (κ1) is 13.2. The Bertz CT molecular complexity index is 535. The van der Waals surface area contributed by atoms with Crippen LogP contribution in [0.2, 0.25) is 0 Å². The first-order chi connectivity index (χ1) is 9.69. The fourth-order valence-corrected chi connectivity index (χ4v) is 3.15. The van der Waals surface area contributed by atoms with Gasteiger partial charge in [0.05, 0.1) is 13.2 Å². The van der Waals surface area contributed by atoms with Crippen molar-refractivity contribution in [2.24, 2.45) is 5.92 Å². The summed E-state index contributed by atoms with van der Waals surface area (Å²) in [6.07, 6.45) is 3.20. The van der Waals surface area contributed by atoms with Gasteiger partial charge in [-0.2, -0.15) is 5.26 Å². The predicted octanol–water partition coefficient (Wildman–Crippen LogP) is 1.25. The highest BCUT2D eigenvalue weighted by Gasteiger charge is 2.39. The van der Waals surface area contributed by atoms with E-state index in [1.807, 2.05) is 6.07 Å². The quantitative estimate of drug-likeness (QED) is 0.757. The van der Waals surface area contributed by atoms with Crippen LogP contribution in [0.1, 0.15) is 28.9 Å². The number of ether oxygens (including phenoxy) is 1. The molecule has 2 saturated heterocycles. The number of carbonyl (C=O) groups excluding carboxylic acids is 1. The molecule has 0 saturated carbocycles. The maximum atomic E-state index is 12.6. The minimum Gasteiger partial charge on any atom is -0.378 e. The summed E-state index contributed by atoms with van der Waals surface area (Å²) in [5.74, 6) is 0.187. The Hall–Kier alpha value is -1.77.